The van der Waals surface area contributed by atoms with E-state index in [-0.39, 0.29) is 29.9 Å². The van der Waals surface area contributed by atoms with Gasteiger partial charge in [-0.15, -0.1) is 24.0 Å². The number of ether oxygens (including phenoxy) is 1. The summed E-state index contributed by atoms with van der Waals surface area (Å²) in [5.41, 5.74) is 0.118. The number of aliphatic imine (C=N–C) groups is 1. The zero-order valence-corrected chi connectivity index (χ0v) is 19.8. The second kappa shape index (κ2) is 12.6. The molecular weight excluding hydrogens is 494 g/mol. The summed E-state index contributed by atoms with van der Waals surface area (Å²) in [5.74, 6) is 1.55. The molecule has 1 aromatic rings. The quantitative estimate of drug-likeness (QED) is 0.303. The molecule has 0 spiro atoms. The Bertz CT molecular complexity index is 634. The lowest BCUT2D eigenvalue weighted by Crippen LogP contribution is -2.40. The molecule has 29 heavy (non-hydrogen) atoms. The van der Waals surface area contributed by atoms with Crippen LogP contribution in [0, 0.1) is 5.92 Å². The number of hydrogen-bond donors (Lipinski definition) is 1. The van der Waals surface area contributed by atoms with Gasteiger partial charge in [0.05, 0.1) is 5.56 Å². The van der Waals surface area contributed by atoms with Gasteiger partial charge in [0.2, 0.25) is 0 Å². The van der Waals surface area contributed by atoms with Gasteiger partial charge in [0.1, 0.15) is 0 Å². The van der Waals surface area contributed by atoms with E-state index < -0.39 is 11.7 Å². The Hall–Kier alpha value is -1.03. The lowest BCUT2D eigenvalue weighted by molar-refractivity contribution is -0.137. The molecule has 0 aromatic heterocycles. The van der Waals surface area contributed by atoms with Gasteiger partial charge in [-0.25, -0.2) is 0 Å². The van der Waals surface area contributed by atoms with Gasteiger partial charge in [0, 0.05) is 40.4 Å². The molecule has 4 nitrogen and oxygen atoms in total. The molecule has 1 aromatic carbocycles. The fourth-order valence-electron chi connectivity index (χ4n) is 3.49. The van der Waals surface area contributed by atoms with Gasteiger partial charge in [-0.05, 0) is 49.1 Å². The van der Waals surface area contributed by atoms with Crippen LogP contribution < -0.4 is 5.32 Å². The maximum absolute atomic E-state index is 12.9. The van der Waals surface area contributed by atoms with Gasteiger partial charge in [-0.1, -0.05) is 25.1 Å². The molecular formula is C21H33F3IN3O. The normalized spacial score (nSPS) is 16.8. The van der Waals surface area contributed by atoms with Crippen LogP contribution in [0.5, 0.6) is 0 Å². The van der Waals surface area contributed by atoms with Crippen LogP contribution in [0.15, 0.2) is 29.3 Å². The molecule has 0 aliphatic carbocycles. The molecule has 0 saturated carbocycles. The molecule has 0 bridgehead atoms. The molecule has 1 heterocycles. The standard InChI is InChI=1S/C21H32F3N3O.HI/c1-16(18-5-4-6-19(15-18)21(22,23)24)7-11-26-20(25-2)27(3)12-8-17-9-13-28-14-10-17;/h4-6,15-17H,7-14H2,1-3H3,(H,25,26);1H. The van der Waals surface area contributed by atoms with Crippen LogP contribution in [0.4, 0.5) is 13.2 Å². The highest BCUT2D eigenvalue weighted by Crippen LogP contribution is 2.31. The van der Waals surface area contributed by atoms with Gasteiger partial charge in [0.15, 0.2) is 5.96 Å². The first-order chi connectivity index (χ1) is 13.3. The van der Waals surface area contributed by atoms with E-state index in [1.54, 1.807) is 13.1 Å². The lowest BCUT2D eigenvalue weighted by atomic mass is 9.96. The summed E-state index contributed by atoms with van der Waals surface area (Å²) >= 11 is 0. The number of benzene rings is 1. The van der Waals surface area contributed by atoms with Gasteiger partial charge in [-0.2, -0.15) is 13.2 Å². The number of alkyl halides is 3. The first-order valence-corrected chi connectivity index (χ1v) is 9.98. The molecule has 2 rings (SSSR count). The highest BCUT2D eigenvalue weighted by molar-refractivity contribution is 14.0. The topological polar surface area (TPSA) is 36.9 Å². The van der Waals surface area contributed by atoms with E-state index in [1.165, 1.54) is 12.1 Å². The van der Waals surface area contributed by atoms with E-state index in [0.29, 0.717) is 18.0 Å². The molecule has 0 radical (unpaired) electrons. The molecule has 0 amide bonds. The predicted molar refractivity (Wildman–Crippen MR) is 122 cm³/mol. The van der Waals surface area contributed by atoms with Crippen molar-refractivity contribution in [3.8, 4) is 0 Å². The van der Waals surface area contributed by atoms with E-state index >= 15 is 0 Å². The number of guanidine groups is 1. The maximum atomic E-state index is 12.9. The van der Waals surface area contributed by atoms with Gasteiger partial charge >= 0.3 is 6.18 Å². The molecule has 1 N–H and O–H groups in total. The average Bonchev–Trinajstić information content (AvgIpc) is 2.69. The van der Waals surface area contributed by atoms with Crippen molar-refractivity contribution in [2.45, 2.75) is 44.7 Å². The number of hydrogen-bond acceptors (Lipinski definition) is 2. The van der Waals surface area contributed by atoms with Crippen molar-refractivity contribution in [3.63, 3.8) is 0 Å². The summed E-state index contributed by atoms with van der Waals surface area (Å²) < 4.78 is 44.1. The number of rotatable bonds is 7. The highest BCUT2D eigenvalue weighted by Gasteiger charge is 2.30. The van der Waals surface area contributed by atoms with Crippen LogP contribution >= 0.6 is 24.0 Å². The molecule has 1 fully saturated rings. The Morgan fingerprint density at radius 1 is 1.31 bits per heavy atom. The minimum absolute atomic E-state index is 0. The maximum Gasteiger partial charge on any atom is 0.416 e. The Morgan fingerprint density at radius 2 is 2.00 bits per heavy atom. The van der Waals surface area contributed by atoms with E-state index in [0.717, 1.165) is 57.5 Å². The minimum Gasteiger partial charge on any atom is -0.381 e. The third-order valence-electron chi connectivity index (χ3n) is 5.43. The molecule has 1 aliphatic rings. The van der Waals surface area contributed by atoms with Crippen molar-refractivity contribution in [1.82, 2.24) is 10.2 Å². The predicted octanol–water partition coefficient (Wildman–Crippen LogP) is 5.14. The van der Waals surface area contributed by atoms with E-state index in [2.05, 4.69) is 15.2 Å². The summed E-state index contributed by atoms with van der Waals surface area (Å²) in [5, 5.41) is 3.33. The summed E-state index contributed by atoms with van der Waals surface area (Å²) in [6.45, 7) is 5.25. The van der Waals surface area contributed by atoms with Gasteiger partial charge < -0.3 is 15.0 Å². The third-order valence-corrected chi connectivity index (χ3v) is 5.43. The first kappa shape index (κ1) is 26.0. The van der Waals surface area contributed by atoms with Crippen molar-refractivity contribution in [1.29, 1.82) is 0 Å². The average molecular weight is 527 g/mol. The summed E-state index contributed by atoms with van der Waals surface area (Å²) in [7, 11) is 3.77. The molecule has 166 valence electrons. The van der Waals surface area contributed by atoms with Crippen LogP contribution in [-0.2, 0) is 10.9 Å². The number of nitrogens with zero attached hydrogens (tertiary/aromatic N) is 2. The Balaban J connectivity index is 0.00000420. The Morgan fingerprint density at radius 3 is 2.62 bits per heavy atom. The molecule has 1 atom stereocenters. The van der Waals surface area contributed by atoms with Gasteiger partial charge in [0.25, 0.3) is 0 Å². The fraction of sp³-hybridized carbons (Fsp3) is 0.667. The minimum atomic E-state index is -4.30. The lowest BCUT2D eigenvalue weighted by Gasteiger charge is -2.27. The first-order valence-electron chi connectivity index (χ1n) is 9.98. The zero-order valence-electron chi connectivity index (χ0n) is 17.5. The molecule has 1 saturated heterocycles. The molecule has 1 unspecified atom stereocenters. The zero-order chi connectivity index (χ0) is 20.6. The van der Waals surface area contributed by atoms with Crippen molar-refractivity contribution in [3.05, 3.63) is 35.4 Å². The smallest absolute Gasteiger partial charge is 0.381 e. The second-order valence-corrected chi connectivity index (χ2v) is 7.55. The van der Waals surface area contributed by atoms with Crippen molar-refractivity contribution >= 4 is 29.9 Å². The van der Waals surface area contributed by atoms with Gasteiger partial charge in [-0.3, -0.25) is 4.99 Å². The van der Waals surface area contributed by atoms with E-state index in [9.17, 15) is 13.2 Å². The Kier molecular flexibility index (Phi) is 11.3. The van der Waals surface area contributed by atoms with E-state index in [1.807, 2.05) is 14.0 Å². The van der Waals surface area contributed by atoms with Crippen LogP contribution in [0.25, 0.3) is 0 Å². The summed E-state index contributed by atoms with van der Waals surface area (Å²) in [6, 6.07) is 5.60. The van der Waals surface area contributed by atoms with Crippen molar-refractivity contribution in [2.75, 3.05) is 40.4 Å². The SMILES string of the molecule is CN=C(NCCC(C)c1cccc(C(F)(F)F)c1)N(C)CCC1CCOCC1.I. The van der Waals surface area contributed by atoms with E-state index in [4.69, 9.17) is 4.74 Å². The van der Waals surface area contributed by atoms with Crippen molar-refractivity contribution < 1.29 is 17.9 Å². The van der Waals surface area contributed by atoms with Crippen molar-refractivity contribution in [2.24, 2.45) is 10.9 Å². The van der Waals surface area contributed by atoms with Crippen LogP contribution in [0.1, 0.15) is 49.7 Å². The van der Waals surface area contributed by atoms with Crippen LogP contribution in [-0.4, -0.2) is 51.3 Å². The molecule has 8 heteroatoms. The third kappa shape index (κ3) is 8.70. The monoisotopic (exact) mass is 527 g/mol. The van der Waals surface area contributed by atoms with Crippen LogP contribution in [0.2, 0.25) is 0 Å². The second-order valence-electron chi connectivity index (χ2n) is 7.55. The summed E-state index contributed by atoms with van der Waals surface area (Å²) in [4.78, 5) is 6.44. The Labute approximate surface area is 189 Å². The number of halogens is 4. The van der Waals surface area contributed by atoms with Crippen LogP contribution in [0.3, 0.4) is 0 Å². The summed E-state index contributed by atoms with van der Waals surface area (Å²) in [6.07, 6.45) is -0.221. The largest absolute Gasteiger partial charge is 0.416 e. The highest BCUT2D eigenvalue weighted by atomic mass is 127. The number of nitrogens with one attached hydrogen (secondary N) is 1. The molecule has 1 aliphatic heterocycles. The fourth-order valence-corrected chi connectivity index (χ4v) is 3.49.